The number of anilines is 1. The molecular weight excluding hydrogens is 220 g/mol. The molecule has 0 aliphatic carbocycles. The van der Waals surface area contributed by atoms with Crippen molar-refractivity contribution in [2.45, 2.75) is 19.8 Å². The van der Waals surface area contributed by atoms with E-state index in [4.69, 9.17) is 10.8 Å². The lowest BCUT2D eigenvalue weighted by Gasteiger charge is -2.10. The van der Waals surface area contributed by atoms with Gasteiger partial charge in [-0.05, 0) is 31.0 Å². The van der Waals surface area contributed by atoms with Crippen molar-refractivity contribution in [1.82, 2.24) is 0 Å². The van der Waals surface area contributed by atoms with Crippen LogP contribution in [0, 0.1) is 6.92 Å². The largest absolute Gasteiger partial charge is 0.396 e. The second-order valence-corrected chi connectivity index (χ2v) is 3.72. The van der Waals surface area contributed by atoms with Crippen molar-refractivity contribution in [3.8, 4) is 0 Å². The van der Waals surface area contributed by atoms with E-state index in [1.807, 2.05) is 0 Å². The normalized spacial score (nSPS) is 10.0. The van der Waals surface area contributed by atoms with Crippen molar-refractivity contribution in [3.63, 3.8) is 0 Å². The molecule has 0 aliphatic rings. The van der Waals surface area contributed by atoms with E-state index in [0.29, 0.717) is 23.2 Å². The zero-order valence-corrected chi connectivity index (χ0v) is 9.69. The van der Waals surface area contributed by atoms with Crippen molar-refractivity contribution in [3.05, 3.63) is 29.3 Å². The second-order valence-electron chi connectivity index (χ2n) is 3.72. The lowest BCUT2D eigenvalue weighted by molar-refractivity contribution is -0.116. The van der Waals surface area contributed by atoms with Crippen LogP contribution >= 0.6 is 0 Å². The molecular formula is C12H16N2O3. The van der Waals surface area contributed by atoms with Gasteiger partial charge in [-0.3, -0.25) is 9.59 Å². The Bertz CT molecular complexity index is 430. The number of primary amides is 1. The van der Waals surface area contributed by atoms with Crippen LogP contribution in [0.3, 0.4) is 0 Å². The quantitative estimate of drug-likeness (QED) is 0.706. The molecule has 0 saturated carbocycles. The second kappa shape index (κ2) is 6.00. The van der Waals surface area contributed by atoms with E-state index in [9.17, 15) is 9.59 Å². The third-order valence-electron chi connectivity index (χ3n) is 2.44. The van der Waals surface area contributed by atoms with Crippen molar-refractivity contribution in [1.29, 1.82) is 0 Å². The van der Waals surface area contributed by atoms with Crippen molar-refractivity contribution in [2.24, 2.45) is 5.73 Å². The summed E-state index contributed by atoms with van der Waals surface area (Å²) in [5, 5.41) is 11.3. The van der Waals surface area contributed by atoms with Crippen LogP contribution in [-0.2, 0) is 4.79 Å². The molecule has 5 heteroatoms. The van der Waals surface area contributed by atoms with Crippen molar-refractivity contribution >= 4 is 17.5 Å². The first-order chi connectivity index (χ1) is 8.06. The highest BCUT2D eigenvalue weighted by Crippen LogP contribution is 2.18. The maximum atomic E-state index is 11.5. The highest BCUT2D eigenvalue weighted by Gasteiger charge is 2.10. The fraction of sp³-hybridized carbons (Fsp3) is 0.333. The fourth-order valence-corrected chi connectivity index (χ4v) is 1.49. The Morgan fingerprint density at radius 3 is 2.71 bits per heavy atom. The van der Waals surface area contributed by atoms with Crippen molar-refractivity contribution < 1.29 is 14.7 Å². The number of aliphatic hydroxyl groups is 1. The third kappa shape index (κ3) is 3.57. The molecule has 0 spiro atoms. The molecule has 1 aromatic rings. The smallest absolute Gasteiger partial charge is 0.249 e. The lowest BCUT2D eigenvalue weighted by atomic mass is 10.1. The van der Waals surface area contributed by atoms with E-state index in [1.54, 1.807) is 25.1 Å². The summed E-state index contributed by atoms with van der Waals surface area (Å²) in [5.41, 5.74) is 6.83. The number of hydrogen-bond acceptors (Lipinski definition) is 3. The van der Waals surface area contributed by atoms with E-state index in [-0.39, 0.29) is 18.9 Å². The average molecular weight is 236 g/mol. The molecule has 17 heavy (non-hydrogen) atoms. The Labute approximate surface area is 99.6 Å². The Hall–Kier alpha value is -1.88. The minimum absolute atomic E-state index is 0.0201. The predicted octanol–water partition coefficient (Wildman–Crippen LogP) is 0.805. The van der Waals surface area contributed by atoms with Gasteiger partial charge in [0, 0.05) is 24.3 Å². The zero-order valence-electron chi connectivity index (χ0n) is 9.69. The molecule has 92 valence electrons. The topological polar surface area (TPSA) is 92.4 Å². The SMILES string of the molecule is Cc1c(NC(=O)CCCO)cccc1C(N)=O. The summed E-state index contributed by atoms with van der Waals surface area (Å²) in [7, 11) is 0. The first-order valence-corrected chi connectivity index (χ1v) is 5.36. The standard InChI is InChI=1S/C12H16N2O3/c1-8-9(12(13)17)4-2-5-10(8)14-11(16)6-3-7-15/h2,4-5,15H,3,6-7H2,1H3,(H2,13,17)(H,14,16). The van der Waals surface area contributed by atoms with Crippen LogP contribution in [0.2, 0.25) is 0 Å². The van der Waals surface area contributed by atoms with Crippen LogP contribution in [0.25, 0.3) is 0 Å². The van der Waals surface area contributed by atoms with Gasteiger partial charge >= 0.3 is 0 Å². The molecule has 0 unspecified atom stereocenters. The Balaban J connectivity index is 2.81. The summed E-state index contributed by atoms with van der Waals surface area (Å²) in [5.74, 6) is -0.710. The Kier molecular flexibility index (Phi) is 4.66. The number of carbonyl (C=O) groups is 2. The molecule has 4 N–H and O–H groups in total. The number of aliphatic hydroxyl groups excluding tert-OH is 1. The highest BCUT2D eigenvalue weighted by atomic mass is 16.3. The van der Waals surface area contributed by atoms with Gasteiger partial charge in [-0.1, -0.05) is 6.07 Å². The molecule has 0 heterocycles. The van der Waals surface area contributed by atoms with Crippen molar-refractivity contribution in [2.75, 3.05) is 11.9 Å². The zero-order chi connectivity index (χ0) is 12.8. The minimum atomic E-state index is -0.519. The number of rotatable bonds is 5. The molecule has 5 nitrogen and oxygen atoms in total. The summed E-state index contributed by atoms with van der Waals surface area (Å²) in [6, 6.07) is 4.98. The number of hydrogen-bond donors (Lipinski definition) is 3. The van der Waals surface area contributed by atoms with Gasteiger partial charge in [0.05, 0.1) is 0 Å². The molecule has 0 aliphatic heterocycles. The van der Waals surface area contributed by atoms with E-state index in [1.165, 1.54) is 0 Å². The summed E-state index contributed by atoms with van der Waals surface area (Å²) in [4.78, 5) is 22.6. The van der Waals surface area contributed by atoms with Crippen LogP contribution in [0.4, 0.5) is 5.69 Å². The number of benzene rings is 1. The molecule has 0 fully saturated rings. The molecule has 1 aromatic carbocycles. The van der Waals surface area contributed by atoms with E-state index in [0.717, 1.165) is 0 Å². The summed E-state index contributed by atoms with van der Waals surface area (Å²) >= 11 is 0. The Morgan fingerprint density at radius 1 is 1.41 bits per heavy atom. The van der Waals surface area contributed by atoms with Gasteiger partial charge in [0.15, 0.2) is 0 Å². The van der Waals surface area contributed by atoms with Gasteiger partial charge in [0.1, 0.15) is 0 Å². The fourth-order valence-electron chi connectivity index (χ4n) is 1.49. The molecule has 0 radical (unpaired) electrons. The number of carbonyl (C=O) groups excluding carboxylic acids is 2. The van der Waals surface area contributed by atoms with E-state index < -0.39 is 5.91 Å². The van der Waals surface area contributed by atoms with Crippen LogP contribution in [0.15, 0.2) is 18.2 Å². The van der Waals surface area contributed by atoms with Crippen LogP contribution in [0.1, 0.15) is 28.8 Å². The molecule has 2 amide bonds. The van der Waals surface area contributed by atoms with Crippen LogP contribution < -0.4 is 11.1 Å². The lowest BCUT2D eigenvalue weighted by Crippen LogP contribution is -2.16. The first kappa shape index (κ1) is 13.2. The van der Waals surface area contributed by atoms with Crippen LogP contribution in [0.5, 0.6) is 0 Å². The van der Waals surface area contributed by atoms with E-state index >= 15 is 0 Å². The van der Waals surface area contributed by atoms with Gasteiger partial charge in [0.2, 0.25) is 11.8 Å². The van der Waals surface area contributed by atoms with Gasteiger partial charge in [-0.15, -0.1) is 0 Å². The summed E-state index contributed by atoms with van der Waals surface area (Å²) in [6.45, 7) is 1.70. The predicted molar refractivity (Wildman–Crippen MR) is 64.6 cm³/mol. The molecule has 0 atom stereocenters. The number of amides is 2. The summed E-state index contributed by atoms with van der Waals surface area (Å²) < 4.78 is 0. The monoisotopic (exact) mass is 236 g/mol. The van der Waals surface area contributed by atoms with Gasteiger partial charge in [-0.25, -0.2) is 0 Å². The maximum Gasteiger partial charge on any atom is 0.249 e. The van der Waals surface area contributed by atoms with Gasteiger partial charge in [0.25, 0.3) is 0 Å². The van der Waals surface area contributed by atoms with Gasteiger partial charge in [-0.2, -0.15) is 0 Å². The maximum absolute atomic E-state index is 11.5. The first-order valence-electron chi connectivity index (χ1n) is 5.36. The number of nitrogens with one attached hydrogen (secondary N) is 1. The molecule has 1 rings (SSSR count). The Morgan fingerprint density at radius 2 is 2.12 bits per heavy atom. The molecule has 0 saturated heterocycles. The molecule has 0 aromatic heterocycles. The average Bonchev–Trinajstić information content (AvgIpc) is 2.28. The van der Waals surface area contributed by atoms with Crippen LogP contribution in [-0.4, -0.2) is 23.5 Å². The van der Waals surface area contributed by atoms with Gasteiger partial charge < -0.3 is 16.2 Å². The minimum Gasteiger partial charge on any atom is -0.396 e. The highest BCUT2D eigenvalue weighted by molar-refractivity contribution is 5.98. The number of nitrogens with two attached hydrogens (primary N) is 1. The summed E-state index contributed by atoms with van der Waals surface area (Å²) in [6.07, 6.45) is 0.664. The van der Waals surface area contributed by atoms with E-state index in [2.05, 4.69) is 5.32 Å². The molecule has 0 bridgehead atoms. The third-order valence-corrected chi connectivity index (χ3v) is 2.44.